The van der Waals surface area contributed by atoms with Crippen LogP contribution in [0.1, 0.15) is 17.5 Å². The van der Waals surface area contributed by atoms with Crippen molar-refractivity contribution in [1.29, 1.82) is 0 Å². The van der Waals surface area contributed by atoms with Crippen LogP contribution in [-0.4, -0.2) is 26.7 Å². The second kappa shape index (κ2) is 9.57. The zero-order valence-electron chi connectivity index (χ0n) is 14.2. The lowest BCUT2D eigenvalue weighted by atomic mass is 10.2. The molecule has 0 bridgehead atoms. The summed E-state index contributed by atoms with van der Waals surface area (Å²) in [5.41, 5.74) is 2.13. The molecule has 0 saturated carbocycles. The van der Waals surface area contributed by atoms with Gasteiger partial charge in [0.25, 0.3) is 0 Å². The molecule has 0 aliphatic rings. The average Bonchev–Trinajstić information content (AvgIpc) is 2.64. The molecule has 0 spiro atoms. The van der Waals surface area contributed by atoms with Crippen molar-refractivity contribution >= 4 is 5.91 Å². The Hall–Kier alpha value is -2.53. The van der Waals surface area contributed by atoms with E-state index in [0.717, 1.165) is 22.6 Å². The van der Waals surface area contributed by atoms with Crippen LogP contribution in [0.3, 0.4) is 0 Å². The summed E-state index contributed by atoms with van der Waals surface area (Å²) in [6, 6.07) is 15.6. The second-order valence-corrected chi connectivity index (χ2v) is 5.37. The maximum atomic E-state index is 11.8. The van der Waals surface area contributed by atoms with Gasteiger partial charge in [0.1, 0.15) is 11.5 Å². The fourth-order valence-corrected chi connectivity index (χ4v) is 2.31. The van der Waals surface area contributed by atoms with E-state index in [1.165, 1.54) is 0 Å². The lowest BCUT2D eigenvalue weighted by Crippen LogP contribution is -2.27. The molecule has 2 aromatic carbocycles. The molecule has 0 radical (unpaired) electrons. The van der Waals surface area contributed by atoms with Crippen molar-refractivity contribution in [2.45, 2.75) is 19.5 Å². The molecular formula is C19H24N2O3. The summed E-state index contributed by atoms with van der Waals surface area (Å²) >= 11 is 0. The van der Waals surface area contributed by atoms with E-state index in [1.54, 1.807) is 14.2 Å². The molecule has 0 atom stereocenters. The molecule has 0 aromatic heterocycles. The number of hydrogen-bond donors (Lipinski definition) is 2. The Kier molecular flexibility index (Phi) is 7.11. The first-order valence-electron chi connectivity index (χ1n) is 7.95. The van der Waals surface area contributed by atoms with E-state index >= 15 is 0 Å². The standard InChI is InChI=1S/C19H24N2O3/c1-23-17-9-8-16(18(12-17)24-2)14-20-11-10-19(22)21-13-15-6-4-3-5-7-15/h3-9,12,20H,10-11,13-14H2,1-2H3,(H,21,22). The van der Waals surface area contributed by atoms with Crippen molar-refractivity contribution in [2.75, 3.05) is 20.8 Å². The fraction of sp³-hybridized carbons (Fsp3) is 0.316. The van der Waals surface area contributed by atoms with Gasteiger partial charge < -0.3 is 20.1 Å². The van der Waals surface area contributed by atoms with Crippen molar-refractivity contribution < 1.29 is 14.3 Å². The molecule has 0 fully saturated rings. The SMILES string of the molecule is COc1ccc(CNCCC(=O)NCc2ccccc2)c(OC)c1. The maximum Gasteiger partial charge on any atom is 0.221 e. The average molecular weight is 328 g/mol. The van der Waals surface area contributed by atoms with E-state index in [4.69, 9.17) is 9.47 Å². The van der Waals surface area contributed by atoms with E-state index in [9.17, 15) is 4.79 Å². The molecule has 0 aliphatic heterocycles. The quantitative estimate of drug-likeness (QED) is 0.695. The number of amides is 1. The van der Waals surface area contributed by atoms with Crippen LogP contribution < -0.4 is 20.1 Å². The van der Waals surface area contributed by atoms with Crippen LogP contribution in [0, 0.1) is 0 Å². The summed E-state index contributed by atoms with van der Waals surface area (Å²) in [4.78, 5) is 11.8. The minimum absolute atomic E-state index is 0.0352. The number of methoxy groups -OCH3 is 2. The molecule has 24 heavy (non-hydrogen) atoms. The number of carbonyl (C=O) groups is 1. The largest absolute Gasteiger partial charge is 0.497 e. The number of hydrogen-bond acceptors (Lipinski definition) is 4. The molecule has 5 heteroatoms. The van der Waals surface area contributed by atoms with Crippen LogP contribution in [0.2, 0.25) is 0 Å². The second-order valence-electron chi connectivity index (χ2n) is 5.37. The Bertz CT molecular complexity index is 644. The molecule has 0 aliphatic carbocycles. The third-order valence-electron chi connectivity index (χ3n) is 3.67. The van der Waals surface area contributed by atoms with Crippen LogP contribution in [0.15, 0.2) is 48.5 Å². The normalized spacial score (nSPS) is 10.2. The highest BCUT2D eigenvalue weighted by atomic mass is 16.5. The first kappa shape index (κ1) is 17.8. The summed E-state index contributed by atoms with van der Waals surface area (Å²) in [6.45, 7) is 1.81. The molecule has 128 valence electrons. The van der Waals surface area contributed by atoms with E-state index in [-0.39, 0.29) is 5.91 Å². The van der Waals surface area contributed by atoms with Gasteiger partial charge >= 0.3 is 0 Å². The van der Waals surface area contributed by atoms with Crippen molar-refractivity contribution in [3.05, 3.63) is 59.7 Å². The van der Waals surface area contributed by atoms with Crippen LogP contribution in [0.4, 0.5) is 0 Å². The predicted octanol–water partition coefficient (Wildman–Crippen LogP) is 2.50. The number of ether oxygens (including phenoxy) is 2. The Morgan fingerprint density at radius 2 is 1.79 bits per heavy atom. The Morgan fingerprint density at radius 1 is 1.00 bits per heavy atom. The number of rotatable bonds is 9. The molecule has 0 heterocycles. The molecule has 0 unspecified atom stereocenters. The Labute approximate surface area is 143 Å². The molecular weight excluding hydrogens is 304 g/mol. The summed E-state index contributed by atoms with van der Waals surface area (Å²) in [7, 11) is 3.26. The zero-order chi connectivity index (χ0) is 17.2. The van der Waals surface area contributed by atoms with Gasteiger partial charge in [-0.3, -0.25) is 4.79 Å². The van der Waals surface area contributed by atoms with Gasteiger partial charge in [-0.15, -0.1) is 0 Å². The highest BCUT2D eigenvalue weighted by Crippen LogP contribution is 2.24. The van der Waals surface area contributed by atoms with Crippen LogP contribution in [-0.2, 0) is 17.9 Å². The van der Waals surface area contributed by atoms with Gasteiger partial charge in [-0.1, -0.05) is 36.4 Å². The topological polar surface area (TPSA) is 59.6 Å². The lowest BCUT2D eigenvalue weighted by molar-refractivity contribution is -0.121. The Morgan fingerprint density at radius 3 is 2.50 bits per heavy atom. The van der Waals surface area contributed by atoms with E-state index < -0.39 is 0 Å². The fourth-order valence-electron chi connectivity index (χ4n) is 2.31. The summed E-state index contributed by atoms with van der Waals surface area (Å²) in [5.74, 6) is 1.57. The van der Waals surface area contributed by atoms with Gasteiger partial charge in [-0.25, -0.2) is 0 Å². The summed E-state index contributed by atoms with van der Waals surface area (Å²) in [6.07, 6.45) is 0.436. The molecule has 2 aromatic rings. The molecule has 0 saturated heterocycles. The third kappa shape index (κ3) is 5.59. The first-order valence-corrected chi connectivity index (χ1v) is 7.95. The highest BCUT2D eigenvalue weighted by Gasteiger charge is 2.05. The van der Waals surface area contributed by atoms with Crippen LogP contribution in [0.25, 0.3) is 0 Å². The van der Waals surface area contributed by atoms with Gasteiger partial charge in [-0.2, -0.15) is 0 Å². The monoisotopic (exact) mass is 328 g/mol. The minimum Gasteiger partial charge on any atom is -0.497 e. The van der Waals surface area contributed by atoms with Gasteiger partial charge in [0, 0.05) is 37.7 Å². The van der Waals surface area contributed by atoms with E-state index in [1.807, 2.05) is 48.5 Å². The zero-order valence-corrected chi connectivity index (χ0v) is 14.2. The predicted molar refractivity (Wildman–Crippen MR) is 94.2 cm³/mol. The maximum absolute atomic E-state index is 11.8. The van der Waals surface area contributed by atoms with Crippen LogP contribution >= 0.6 is 0 Å². The van der Waals surface area contributed by atoms with Crippen LogP contribution in [0.5, 0.6) is 11.5 Å². The molecule has 2 N–H and O–H groups in total. The number of carbonyl (C=O) groups excluding carboxylic acids is 1. The van der Waals surface area contributed by atoms with Gasteiger partial charge in [0.05, 0.1) is 14.2 Å². The summed E-state index contributed by atoms with van der Waals surface area (Å²) in [5, 5.41) is 6.18. The molecule has 1 amide bonds. The van der Waals surface area contributed by atoms with Gasteiger partial charge in [0.2, 0.25) is 5.91 Å². The van der Waals surface area contributed by atoms with Crippen molar-refractivity contribution in [3.8, 4) is 11.5 Å². The minimum atomic E-state index is 0.0352. The number of nitrogens with one attached hydrogen (secondary N) is 2. The smallest absolute Gasteiger partial charge is 0.221 e. The lowest BCUT2D eigenvalue weighted by Gasteiger charge is -2.11. The number of benzene rings is 2. The highest BCUT2D eigenvalue weighted by molar-refractivity contribution is 5.76. The van der Waals surface area contributed by atoms with E-state index in [2.05, 4.69) is 10.6 Å². The van der Waals surface area contributed by atoms with E-state index in [0.29, 0.717) is 26.1 Å². The summed E-state index contributed by atoms with van der Waals surface area (Å²) < 4.78 is 10.5. The van der Waals surface area contributed by atoms with Crippen molar-refractivity contribution in [2.24, 2.45) is 0 Å². The third-order valence-corrected chi connectivity index (χ3v) is 3.67. The molecule has 5 nitrogen and oxygen atoms in total. The van der Waals surface area contributed by atoms with Crippen molar-refractivity contribution in [3.63, 3.8) is 0 Å². The van der Waals surface area contributed by atoms with Gasteiger partial charge in [-0.05, 0) is 11.6 Å². The first-order chi connectivity index (χ1) is 11.7. The van der Waals surface area contributed by atoms with Gasteiger partial charge in [0.15, 0.2) is 0 Å². The Balaban J connectivity index is 1.70. The molecule has 2 rings (SSSR count). The van der Waals surface area contributed by atoms with Crippen molar-refractivity contribution in [1.82, 2.24) is 10.6 Å².